The number of urea groups is 1. The quantitative estimate of drug-likeness (QED) is 0.700. The highest BCUT2D eigenvalue weighted by molar-refractivity contribution is 5.75. The lowest BCUT2D eigenvalue weighted by atomic mass is 10.1. The molecule has 5 nitrogen and oxygen atoms in total. The van der Waals surface area contributed by atoms with Gasteiger partial charge in [-0.25, -0.2) is 4.79 Å². The number of unbranched alkanes of at least 4 members (excludes halogenated alkanes) is 1. The standard InChI is InChI=1S/C13H24N2O3/c1-10-12(6-9-18-10)14-13(17)15(11-4-5-11)7-2-3-8-16/h10-12,16H,2-9H2,1H3,(H,14,17). The molecule has 2 N–H and O–H groups in total. The monoisotopic (exact) mass is 256 g/mol. The molecule has 2 unspecified atom stereocenters. The van der Waals surface area contributed by atoms with E-state index in [2.05, 4.69) is 5.32 Å². The summed E-state index contributed by atoms with van der Waals surface area (Å²) in [7, 11) is 0. The molecule has 1 aliphatic heterocycles. The average Bonchev–Trinajstić information content (AvgIpc) is 3.10. The molecule has 2 rings (SSSR count). The van der Waals surface area contributed by atoms with Gasteiger partial charge in [0.15, 0.2) is 0 Å². The molecule has 18 heavy (non-hydrogen) atoms. The fraction of sp³-hybridized carbons (Fsp3) is 0.923. The van der Waals surface area contributed by atoms with Gasteiger partial charge in [0.2, 0.25) is 0 Å². The van der Waals surface area contributed by atoms with Crippen molar-refractivity contribution in [3.05, 3.63) is 0 Å². The van der Waals surface area contributed by atoms with Crippen molar-refractivity contribution in [3.8, 4) is 0 Å². The van der Waals surface area contributed by atoms with Crippen molar-refractivity contribution in [1.82, 2.24) is 10.2 Å². The highest BCUT2D eigenvalue weighted by Crippen LogP contribution is 2.27. The van der Waals surface area contributed by atoms with E-state index in [1.54, 1.807) is 0 Å². The first-order valence-corrected chi connectivity index (χ1v) is 7.02. The van der Waals surface area contributed by atoms with Crippen LogP contribution in [0.2, 0.25) is 0 Å². The minimum atomic E-state index is 0.0396. The van der Waals surface area contributed by atoms with E-state index in [9.17, 15) is 4.79 Å². The second kappa shape index (κ2) is 6.38. The first-order chi connectivity index (χ1) is 8.72. The second-order valence-corrected chi connectivity index (χ2v) is 5.28. The van der Waals surface area contributed by atoms with Crippen LogP contribution in [-0.2, 0) is 4.74 Å². The van der Waals surface area contributed by atoms with Crippen molar-refractivity contribution in [1.29, 1.82) is 0 Å². The van der Waals surface area contributed by atoms with Gasteiger partial charge in [-0.05, 0) is 39.0 Å². The Bertz CT molecular complexity index is 281. The zero-order valence-electron chi connectivity index (χ0n) is 11.1. The van der Waals surface area contributed by atoms with Crippen LogP contribution in [0.4, 0.5) is 4.79 Å². The number of nitrogens with one attached hydrogen (secondary N) is 1. The fourth-order valence-corrected chi connectivity index (χ4v) is 2.39. The van der Waals surface area contributed by atoms with E-state index in [4.69, 9.17) is 9.84 Å². The van der Waals surface area contributed by atoms with Gasteiger partial charge in [0.1, 0.15) is 0 Å². The maximum Gasteiger partial charge on any atom is 0.317 e. The Hall–Kier alpha value is -0.810. The number of carbonyl (C=O) groups excluding carboxylic acids is 1. The summed E-state index contributed by atoms with van der Waals surface area (Å²) in [5.41, 5.74) is 0. The molecule has 0 aromatic carbocycles. The third-order valence-electron chi connectivity index (χ3n) is 3.74. The van der Waals surface area contributed by atoms with Crippen molar-refractivity contribution < 1.29 is 14.6 Å². The zero-order chi connectivity index (χ0) is 13.0. The number of rotatable bonds is 6. The van der Waals surface area contributed by atoms with Gasteiger partial charge in [0.25, 0.3) is 0 Å². The molecule has 1 saturated heterocycles. The number of hydrogen-bond acceptors (Lipinski definition) is 3. The Kier molecular flexibility index (Phi) is 4.83. The van der Waals surface area contributed by atoms with E-state index in [0.29, 0.717) is 6.04 Å². The lowest BCUT2D eigenvalue weighted by Gasteiger charge is -2.26. The van der Waals surface area contributed by atoms with Gasteiger partial charge in [-0.1, -0.05) is 0 Å². The second-order valence-electron chi connectivity index (χ2n) is 5.28. The highest BCUT2D eigenvalue weighted by atomic mass is 16.5. The lowest BCUT2D eigenvalue weighted by molar-refractivity contribution is 0.111. The van der Waals surface area contributed by atoms with Gasteiger partial charge < -0.3 is 20.1 Å². The molecule has 104 valence electrons. The van der Waals surface area contributed by atoms with E-state index >= 15 is 0 Å². The molecule has 2 aliphatic rings. The molecule has 1 saturated carbocycles. The molecule has 1 aliphatic carbocycles. The number of aliphatic hydroxyl groups excluding tert-OH is 1. The maximum atomic E-state index is 12.2. The number of aliphatic hydroxyl groups is 1. The molecule has 5 heteroatoms. The molecular weight excluding hydrogens is 232 g/mol. The smallest absolute Gasteiger partial charge is 0.317 e. The summed E-state index contributed by atoms with van der Waals surface area (Å²) in [4.78, 5) is 14.1. The van der Waals surface area contributed by atoms with Gasteiger partial charge in [-0.3, -0.25) is 0 Å². The molecular formula is C13H24N2O3. The summed E-state index contributed by atoms with van der Waals surface area (Å²) < 4.78 is 5.45. The van der Waals surface area contributed by atoms with Crippen LogP contribution in [-0.4, -0.2) is 54.0 Å². The average molecular weight is 256 g/mol. The van der Waals surface area contributed by atoms with Crippen LogP contribution in [0.15, 0.2) is 0 Å². The molecule has 2 fully saturated rings. The Morgan fingerprint density at radius 2 is 2.17 bits per heavy atom. The van der Waals surface area contributed by atoms with E-state index in [-0.39, 0.29) is 24.8 Å². The summed E-state index contributed by atoms with van der Waals surface area (Å²) in [6.07, 6.45) is 4.89. The Morgan fingerprint density at radius 3 is 2.72 bits per heavy atom. The first kappa shape index (κ1) is 13.6. The van der Waals surface area contributed by atoms with Crippen LogP contribution in [0, 0.1) is 0 Å². The molecule has 2 amide bonds. The minimum absolute atomic E-state index is 0.0396. The Balaban J connectivity index is 1.79. The molecule has 0 radical (unpaired) electrons. The maximum absolute atomic E-state index is 12.2. The van der Waals surface area contributed by atoms with Gasteiger partial charge in [-0.2, -0.15) is 0 Å². The summed E-state index contributed by atoms with van der Waals surface area (Å²) in [6.45, 7) is 3.69. The van der Waals surface area contributed by atoms with Crippen LogP contribution in [0.1, 0.15) is 39.0 Å². The number of carbonyl (C=O) groups is 1. The normalized spacial score (nSPS) is 27.2. The van der Waals surface area contributed by atoms with Gasteiger partial charge in [0, 0.05) is 25.8 Å². The topological polar surface area (TPSA) is 61.8 Å². The molecule has 2 atom stereocenters. The predicted octanol–water partition coefficient (Wildman–Crippen LogP) is 1.11. The van der Waals surface area contributed by atoms with Crippen LogP contribution in [0.25, 0.3) is 0 Å². The third-order valence-corrected chi connectivity index (χ3v) is 3.74. The van der Waals surface area contributed by atoms with Gasteiger partial charge in [0.05, 0.1) is 12.1 Å². The lowest BCUT2D eigenvalue weighted by Crippen LogP contribution is -2.48. The van der Waals surface area contributed by atoms with Crippen molar-refractivity contribution in [2.24, 2.45) is 0 Å². The van der Waals surface area contributed by atoms with Crippen LogP contribution < -0.4 is 5.32 Å². The number of nitrogens with zero attached hydrogens (tertiary/aromatic N) is 1. The van der Waals surface area contributed by atoms with Crippen LogP contribution in [0.5, 0.6) is 0 Å². The van der Waals surface area contributed by atoms with Gasteiger partial charge >= 0.3 is 6.03 Å². The molecule has 0 bridgehead atoms. The summed E-state index contributed by atoms with van der Waals surface area (Å²) >= 11 is 0. The van der Waals surface area contributed by atoms with E-state index in [1.165, 1.54) is 0 Å². The van der Waals surface area contributed by atoms with Crippen LogP contribution in [0.3, 0.4) is 0 Å². The number of amides is 2. The van der Waals surface area contributed by atoms with Crippen molar-refractivity contribution >= 4 is 6.03 Å². The predicted molar refractivity (Wildman–Crippen MR) is 68.4 cm³/mol. The van der Waals surface area contributed by atoms with Gasteiger partial charge in [-0.15, -0.1) is 0 Å². The molecule has 1 heterocycles. The van der Waals surface area contributed by atoms with Crippen LogP contribution >= 0.6 is 0 Å². The minimum Gasteiger partial charge on any atom is -0.396 e. The molecule has 0 aromatic heterocycles. The van der Waals surface area contributed by atoms with Crippen molar-refractivity contribution in [2.45, 2.75) is 57.2 Å². The summed E-state index contributed by atoms with van der Waals surface area (Å²) in [5.74, 6) is 0. The SMILES string of the molecule is CC1OCCC1NC(=O)N(CCCCO)C1CC1. The molecule has 0 spiro atoms. The van der Waals surface area contributed by atoms with E-state index in [0.717, 1.165) is 45.3 Å². The first-order valence-electron chi connectivity index (χ1n) is 7.02. The molecule has 0 aromatic rings. The highest BCUT2D eigenvalue weighted by Gasteiger charge is 2.34. The van der Waals surface area contributed by atoms with Crippen molar-refractivity contribution in [2.75, 3.05) is 19.8 Å². The zero-order valence-corrected chi connectivity index (χ0v) is 11.1. The summed E-state index contributed by atoms with van der Waals surface area (Å²) in [5, 5.41) is 11.9. The van der Waals surface area contributed by atoms with E-state index < -0.39 is 0 Å². The summed E-state index contributed by atoms with van der Waals surface area (Å²) in [6, 6.07) is 0.607. The number of ether oxygens (including phenoxy) is 1. The number of hydrogen-bond donors (Lipinski definition) is 2. The largest absolute Gasteiger partial charge is 0.396 e. The van der Waals surface area contributed by atoms with Crippen molar-refractivity contribution in [3.63, 3.8) is 0 Å². The Labute approximate surface area is 108 Å². The Morgan fingerprint density at radius 1 is 1.39 bits per heavy atom. The fourth-order valence-electron chi connectivity index (χ4n) is 2.39. The van der Waals surface area contributed by atoms with E-state index in [1.807, 2.05) is 11.8 Å². The third kappa shape index (κ3) is 3.59.